The molecule has 4 aliphatic rings. The highest BCUT2D eigenvalue weighted by Crippen LogP contribution is 2.72. The predicted molar refractivity (Wildman–Crippen MR) is 130 cm³/mol. The maximum atomic E-state index is 13.6. The zero-order valence-corrected chi connectivity index (χ0v) is 21.6. The fourth-order valence-corrected chi connectivity index (χ4v) is 8.81. The van der Waals surface area contributed by atoms with Crippen LogP contribution >= 0.6 is 23.2 Å². The monoisotopic (exact) mass is 520 g/mol. The van der Waals surface area contributed by atoms with E-state index >= 15 is 0 Å². The molecule has 1 aromatic rings. The molecule has 0 unspecified atom stereocenters. The molecule has 5 rings (SSSR count). The van der Waals surface area contributed by atoms with E-state index in [1.54, 1.807) is 12.1 Å². The minimum atomic E-state index is -1.53. The van der Waals surface area contributed by atoms with E-state index in [-0.39, 0.29) is 47.4 Å². The van der Waals surface area contributed by atoms with Gasteiger partial charge in [-0.25, -0.2) is 4.79 Å². The maximum absolute atomic E-state index is 13.6. The van der Waals surface area contributed by atoms with E-state index in [1.165, 1.54) is 18.4 Å². The molecule has 1 N–H and O–H groups in total. The van der Waals surface area contributed by atoms with Crippen LogP contribution in [0.4, 0.5) is 0 Å². The van der Waals surface area contributed by atoms with Gasteiger partial charge in [-0.1, -0.05) is 32.4 Å². The Morgan fingerprint density at radius 3 is 2.69 bits per heavy atom. The molecule has 0 radical (unpaired) electrons. The molecule has 6 nitrogen and oxygen atoms in total. The van der Waals surface area contributed by atoms with Gasteiger partial charge in [-0.2, -0.15) is 0 Å². The van der Waals surface area contributed by atoms with Crippen LogP contribution in [0.2, 0.25) is 0 Å². The van der Waals surface area contributed by atoms with Crippen LogP contribution in [0.1, 0.15) is 57.0 Å². The molecular weight excluding hydrogens is 491 g/mol. The Bertz CT molecular complexity index is 1140. The number of rotatable bonds is 4. The lowest BCUT2D eigenvalue weighted by atomic mass is 9.45. The van der Waals surface area contributed by atoms with Crippen LogP contribution in [0.15, 0.2) is 46.6 Å². The predicted octanol–water partition coefficient (Wildman–Crippen LogP) is 4.87. The van der Waals surface area contributed by atoms with Gasteiger partial charge in [0.1, 0.15) is 0 Å². The number of furan rings is 1. The van der Waals surface area contributed by atoms with Gasteiger partial charge in [-0.3, -0.25) is 9.59 Å². The van der Waals surface area contributed by atoms with Gasteiger partial charge >= 0.3 is 5.97 Å². The second-order valence-electron chi connectivity index (χ2n) is 11.1. The molecule has 0 saturated heterocycles. The van der Waals surface area contributed by atoms with E-state index in [0.29, 0.717) is 19.3 Å². The van der Waals surface area contributed by atoms with E-state index < -0.39 is 33.4 Å². The third kappa shape index (κ3) is 3.02. The van der Waals surface area contributed by atoms with Gasteiger partial charge in [0.05, 0.1) is 23.1 Å². The zero-order chi connectivity index (χ0) is 25.4. The Labute approximate surface area is 214 Å². The summed E-state index contributed by atoms with van der Waals surface area (Å²) in [5, 5.41) is 11.8. The molecule has 0 aromatic carbocycles. The van der Waals surface area contributed by atoms with E-state index in [0.717, 1.165) is 5.57 Å². The normalized spacial score (nSPS) is 44.2. The first-order chi connectivity index (χ1) is 16.5. The number of carbonyl (C=O) groups is 3. The Hall–Kier alpha value is -1.89. The quantitative estimate of drug-likeness (QED) is 0.449. The lowest BCUT2D eigenvalue weighted by Gasteiger charge is -2.64. The van der Waals surface area contributed by atoms with E-state index in [2.05, 4.69) is 0 Å². The molecular formula is C27H30Cl2O6. The van der Waals surface area contributed by atoms with Gasteiger partial charge in [0.15, 0.2) is 17.2 Å². The summed E-state index contributed by atoms with van der Waals surface area (Å²) in [6.45, 7) is 5.81. The van der Waals surface area contributed by atoms with Gasteiger partial charge in [0.25, 0.3) is 0 Å². The number of aliphatic hydroxyl groups is 1. The third-order valence-electron chi connectivity index (χ3n) is 9.69. The number of ketones is 2. The molecule has 0 aliphatic heterocycles. The number of esters is 1. The van der Waals surface area contributed by atoms with Crippen molar-refractivity contribution >= 4 is 40.7 Å². The Kier molecular flexibility index (Phi) is 5.71. The summed E-state index contributed by atoms with van der Waals surface area (Å²) in [7, 11) is 0. The number of fused-ring (bicyclic) bond motifs is 5. The van der Waals surface area contributed by atoms with Crippen molar-refractivity contribution in [3.05, 3.63) is 48.0 Å². The van der Waals surface area contributed by atoms with Crippen molar-refractivity contribution in [2.45, 2.75) is 63.0 Å². The van der Waals surface area contributed by atoms with Gasteiger partial charge in [0, 0.05) is 16.7 Å². The number of carbonyl (C=O) groups excluding carboxylic acids is 3. The smallest absolute Gasteiger partial charge is 0.375 e. The van der Waals surface area contributed by atoms with E-state index in [4.69, 9.17) is 32.4 Å². The van der Waals surface area contributed by atoms with Crippen molar-refractivity contribution < 1.29 is 28.6 Å². The molecule has 1 aromatic heterocycles. The van der Waals surface area contributed by atoms with Crippen LogP contribution in [0.3, 0.4) is 0 Å². The van der Waals surface area contributed by atoms with Crippen molar-refractivity contribution in [3.8, 4) is 0 Å². The highest BCUT2D eigenvalue weighted by atomic mass is 35.5. The molecule has 4 aliphatic carbocycles. The molecule has 1 heterocycles. The number of alkyl halides is 2. The third-order valence-corrected chi connectivity index (χ3v) is 10.9. The molecule has 0 bridgehead atoms. The van der Waals surface area contributed by atoms with Crippen LogP contribution in [0.25, 0.3) is 0 Å². The molecule has 3 saturated carbocycles. The van der Waals surface area contributed by atoms with Crippen LogP contribution in [-0.2, 0) is 14.3 Å². The Balaban J connectivity index is 1.61. The number of aliphatic hydroxyl groups excluding tert-OH is 1. The highest BCUT2D eigenvalue weighted by molar-refractivity contribution is 6.29. The Morgan fingerprint density at radius 1 is 1.29 bits per heavy atom. The number of Topliss-reactive ketones (excluding diaryl/α,β-unsaturated/α-hetero) is 1. The van der Waals surface area contributed by atoms with Crippen molar-refractivity contribution in [2.24, 2.45) is 28.6 Å². The topological polar surface area (TPSA) is 93.8 Å². The molecule has 8 heteroatoms. The minimum absolute atomic E-state index is 0.00557. The number of hydrogen-bond acceptors (Lipinski definition) is 6. The lowest BCUT2D eigenvalue weighted by molar-refractivity contribution is -0.177. The van der Waals surface area contributed by atoms with Crippen molar-refractivity contribution in [1.29, 1.82) is 0 Å². The van der Waals surface area contributed by atoms with Crippen molar-refractivity contribution in [2.75, 3.05) is 5.88 Å². The van der Waals surface area contributed by atoms with Crippen molar-refractivity contribution in [1.82, 2.24) is 0 Å². The molecule has 3 fully saturated rings. The van der Waals surface area contributed by atoms with Crippen LogP contribution < -0.4 is 0 Å². The first kappa shape index (κ1) is 24.8. The fourth-order valence-electron chi connectivity index (χ4n) is 8.09. The van der Waals surface area contributed by atoms with Crippen LogP contribution in [-0.4, -0.2) is 45.1 Å². The molecule has 35 heavy (non-hydrogen) atoms. The van der Waals surface area contributed by atoms with Crippen molar-refractivity contribution in [3.63, 3.8) is 0 Å². The van der Waals surface area contributed by atoms with E-state index in [9.17, 15) is 19.5 Å². The summed E-state index contributed by atoms with van der Waals surface area (Å²) in [6, 6.07) is 3.07. The first-order valence-corrected chi connectivity index (χ1v) is 13.0. The fraction of sp³-hybridized carbons (Fsp3) is 0.593. The van der Waals surface area contributed by atoms with Gasteiger partial charge in [-0.05, 0) is 61.8 Å². The highest BCUT2D eigenvalue weighted by Gasteiger charge is 2.76. The SMILES string of the molecule is C[C@H]1C[C@@H]2[C@H]3CCC4=CC(=O)C=C[C@@]4(C)[C@]3(Cl)[C@@H](O)C[C@@]2(C)[C@]1(OC(=O)c1ccco1)C(=O)CCl. The lowest BCUT2D eigenvalue weighted by Crippen LogP contribution is -2.69. The second kappa shape index (κ2) is 8.06. The minimum Gasteiger partial charge on any atom is -0.457 e. The molecule has 0 amide bonds. The van der Waals surface area contributed by atoms with Crippen LogP contribution in [0, 0.1) is 28.6 Å². The zero-order valence-electron chi connectivity index (χ0n) is 20.1. The summed E-state index contributed by atoms with van der Waals surface area (Å²) in [5.74, 6) is -2.12. The number of halogens is 2. The standard InChI is InChI=1S/C27H30Cl2O6/c1-15-11-19-18-7-6-16-12-17(30)8-9-24(16,2)26(18,29)21(31)13-25(19,3)27(15,22(32)14-28)35-23(33)20-5-4-10-34-20/h4-5,8-10,12,15,18-19,21,31H,6-7,11,13-14H2,1-3H3/t15-,18+,19+,21-,24+,25+,26+,27+/m0/s1. The largest absolute Gasteiger partial charge is 0.457 e. The summed E-state index contributed by atoms with van der Waals surface area (Å²) < 4.78 is 11.3. The number of ether oxygens (including phenoxy) is 1. The van der Waals surface area contributed by atoms with Crippen LogP contribution in [0.5, 0.6) is 0 Å². The molecule has 188 valence electrons. The van der Waals surface area contributed by atoms with Gasteiger partial charge in [-0.15, -0.1) is 23.2 Å². The maximum Gasteiger partial charge on any atom is 0.375 e. The summed E-state index contributed by atoms with van der Waals surface area (Å²) in [4.78, 5) is 37.7. The average molecular weight is 521 g/mol. The first-order valence-electron chi connectivity index (χ1n) is 12.1. The summed E-state index contributed by atoms with van der Waals surface area (Å²) in [6.07, 6.45) is 7.44. The number of allylic oxidation sites excluding steroid dienone is 4. The van der Waals surface area contributed by atoms with Gasteiger partial charge in [0.2, 0.25) is 5.76 Å². The molecule has 8 atom stereocenters. The number of hydrogen-bond donors (Lipinski definition) is 1. The molecule has 0 spiro atoms. The van der Waals surface area contributed by atoms with E-state index in [1.807, 2.05) is 26.8 Å². The average Bonchev–Trinajstić information content (AvgIpc) is 3.42. The van der Waals surface area contributed by atoms with Gasteiger partial charge < -0.3 is 14.3 Å². The second-order valence-corrected chi connectivity index (χ2v) is 12.0. The Morgan fingerprint density at radius 2 is 2.03 bits per heavy atom. The summed E-state index contributed by atoms with van der Waals surface area (Å²) >= 11 is 13.6. The summed E-state index contributed by atoms with van der Waals surface area (Å²) in [5.41, 5.74) is -2.20.